The zero-order valence-electron chi connectivity index (χ0n) is 13.5. The maximum Gasteiger partial charge on any atom is 0.175 e. The summed E-state index contributed by atoms with van der Waals surface area (Å²) in [5.41, 5.74) is 4.48. The molecule has 6 heteroatoms. The number of aryl methyl sites for hydroxylation is 2. The number of nitrogens with one attached hydrogen (secondary N) is 1. The molecule has 1 aromatic carbocycles. The first-order valence-corrected chi connectivity index (χ1v) is 9.33. The molecule has 0 spiro atoms. The second-order valence-corrected chi connectivity index (χ2v) is 7.37. The van der Waals surface area contributed by atoms with Gasteiger partial charge in [-0.3, -0.25) is 4.68 Å². The lowest BCUT2D eigenvalue weighted by molar-refractivity contribution is 0.602. The van der Waals surface area contributed by atoms with Gasteiger partial charge in [0.05, 0.1) is 10.6 Å². The van der Waals surface area contributed by atoms with E-state index >= 15 is 0 Å². The van der Waals surface area contributed by atoms with E-state index in [0.717, 1.165) is 24.2 Å². The molecule has 2 aromatic rings. The third kappa shape index (κ3) is 3.50. The molecule has 0 saturated heterocycles. The van der Waals surface area contributed by atoms with Crippen LogP contribution in [0, 0.1) is 0 Å². The summed E-state index contributed by atoms with van der Waals surface area (Å²) >= 11 is 0. The molecule has 0 atom stereocenters. The smallest absolute Gasteiger partial charge is 0.175 e. The highest BCUT2D eigenvalue weighted by Gasteiger charge is 2.13. The maximum atomic E-state index is 11.5. The normalized spacial score (nSPS) is 11.6. The number of hydrogen-bond acceptors (Lipinski definition) is 4. The van der Waals surface area contributed by atoms with Crippen LogP contribution in [0.3, 0.4) is 0 Å². The Balaban J connectivity index is 2.17. The molecule has 0 radical (unpaired) electrons. The molecule has 0 fully saturated rings. The Morgan fingerprint density at radius 3 is 2.27 bits per heavy atom. The van der Waals surface area contributed by atoms with Crippen molar-refractivity contribution in [3.8, 4) is 0 Å². The van der Waals surface area contributed by atoms with Crippen molar-refractivity contribution in [3.05, 3.63) is 41.2 Å². The van der Waals surface area contributed by atoms with Crippen LogP contribution in [0.25, 0.3) is 0 Å². The molecule has 0 aliphatic rings. The molecule has 120 valence electrons. The predicted octanol–water partition coefficient (Wildman–Crippen LogP) is 2.56. The average Bonchev–Trinajstić information content (AvgIpc) is 2.79. The minimum atomic E-state index is -3.15. The van der Waals surface area contributed by atoms with Crippen LogP contribution in [0.5, 0.6) is 0 Å². The third-order valence-electron chi connectivity index (χ3n) is 3.78. The fourth-order valence-electron chi connectivity index (χ4n) is 2.60. The second-order valence-electron chi connectivity index (χ2n) is 5.35. The minimum absolute atomic E-state index is 0.336. The van der Waals surface area contributed by atoms with Crippen molar-refractivity contribution >= 4 is 15.5 Å². The van der Waals surface area contributed by atoms with Crippen molar-refractivity contribution in [3.63, 3.8) is 0 Å². The Morgan fingerprint density at radius 1 is 1.14 bits per heavy atom. The quantitative estimate of drug-likeness (QED) is 0.888. The molecule has 5 nitrogen and oxygen atoms in total. The lowest BCUT2D eigenvalue weighted by atomic mass is 10.1. The number of sulfone groups is 1. The molecule has 2 rings (SSSR count). The topological polar surface area (TPSA) is 64.0 Å². The molecule has 0 unspecified atom stereocenters. The summed E-state index contributed by atoms with van der Waals surface area (Å²) in [5.74, 6) is 0. The molecule has 0 aliphatic carbocycles. The third-order valence-corrected chi connectivity index (χ3v) is 4.91. The number of aromatic nitrogens is 2. The molecule has 0 saturated carbocycles. The van der Waals surface area contributed by atoms with Crippen LogP contribution in [0.1, 0.15) is 30.8 Å². The highest BCUT2D eigenvalue weighted by Crippen LogP contribution is 2.19. The first-order valence-electron chi connectivity index (χ1n) is 7.44. The van der Waals surface area contributed by atoms with Gasteiger partial charge in [0.1, 0.15) is 0 Å². The van der Waals surface area contributed by atoms with Crippen molar-refractivity contribution in [2.75, 3.05) is 11.6 Å². The van der Waals surface area contributed by atoms with Crippen LogP contribution >= 0.6 is 0 Å². The summed E-state index contributed by atoms with van der Waals surface area (Å²) < 4.78 is 24.9. The van der Waals surface area contributed by atoms with Crippen molar-refractivity contribution in [1.29, 1.82) is 0 Å². The van der Waals surface area contributed by atoms with Crippen LogP contribution in [0.15, 0.2) is 29.2 Å². The van der Waals surface area contributed by atoms with Gasteiger partial charge >= 0.3 is 0 Å². The zero-order valence-corrected chi connectivity index (χ0v) is 14.4. The monoisotopic (exact) mass is 321 g/mol. The van der Waals surface area contributed by atoms with Crippen molar-refractivity contribution < 1.29 is 8.42 Å². The lowest BCUT2D eigenvalue weighted by Crippen LogP contribution is -2.05. The predicted molar refractivity (Wildman–Crippen MR) is 88.8 cm³/mol. The summed E-state index contributed by atoms with van der Waals surface area (Å²) in [6, 6.07) is 6.85. The standard InChI is InChI=1S/C16H23N3O2S/c1-5-15-14(16(6-2)19(3)18-15)11-17-12-7-9-13(10-8-12)22(4,20)21/h7-10,17H,5-6,11H2,1-4H3. The van der Waals surface area contributed by atoms with Crippen molar-refractivity contribution in [2.24, 2.45) is 7.05 Å². The Labute approximate surface area is 132 Å². The number of benzene rings is 1. The molecule has 1 N–H and O–H groups in total. The van der Waals surface area contributed by atoms with E-state index in [1.807, 2.05) is 11.7 Å². The van der Waals surface area contributed by atoms with Crippen LogP contribution in [-0.2, 0) is 36.3 Å². The lowest BCUT2D eigenvalue weighted by Gasteiger charge is -2.09. The Bertz CT molecular complexity index is 746. The SMILES string of the molecule is CCc1nn(C)c(CC)c1CNc1ccc(S(C)(=O)=O)cc1. The first kappa shape index (κ1) is 16.5. The van der Waals surface area contributed by atoms with Gasteiger partial charge in [-0.1, -0.05) is 13.8 Å². The summed E-state index contributed by atoms with van der Waals surface area (Å²) in [7, 11) is -1.17. The summed E-state index contributed by atoms with van der Waals surface area (Å²) in [6.45, 7) is 4.92. The van der Waals surface area contributed by atoms with Gasteiger partial charge in [-0.2, -0.15) is 5.10 Å². The van der Waals surface area contributed by atoms with Gasteiger partial charge in [-0.15, -0.1) is 0 Å². The van der Waals surface area contributed by atoms with E-state index in [4.69, 9.17) is 0 Å². The van der Waals surface area contributed by atoms with Gasteiger partial charge in [0.2, 0.25) is 0 Å². The van der Waals surface area contributed by atoms with Crippen LogP contribution < -0.4 is 5.32 Å². The van der Waals surface area contributed by atoms with Gasteiger partial charge in [0.15, 0.2) is 9.84 Å². The number of nitrogens with zero attached hydrogens (tertiary/aromatic N) is 2. The zero-order chi connectivity index (χ0) is 16.3. The summed E-state index contributed by atoms with van der Waals surface area (Å²) in [4.78, 5) is 0.336. The molecule has 0 bridgehead atoms. The molecular formula is C16H23N3O2S. The fraction of sp³-hybridized carbons (Fsp3) is 0.438. The molecule has 0 aliphatic heterocycles. The van der Waals surface area contributed by atoms with E-state index in [1.54, 1.807) is 24.3 Å². The second kappa shape index (κ2) is 6.52. The van der Waals surface area contributed by atoms with Crippen molar-refractivity contribution in [1.82, 2.24) is 9.78 Å². The highest BCUT2D eigenvalue weighted by molar-refractivity contribution is 7.90. The van der Waals surface area contributed by atoms with E-state index in [0.29, 0.717) is 11.4 Å². The Morgan fingerprint density at radius 2 is 1.77 bits per heavy atom. The molecule has 22 heavy (non-hydrogen) atoms. The van der Waals surface area contributed by atoms with E-state index in [1.165, 1.54) is 17.5 Å². The molecule has 1 aromatic heterocycles. The van der Waals surface area contributed by atoms with Gasteiger partial charge in [0.25, 0.3) is 0 Å². The molecular weight excluding hydrogens is 298 g/mol. The van der Waals surface area contributed by atoms with E-state index in [9.17, 15) is 8.42 Å². The van der Waals surface area contributed by atoms with E-state index in [-0.39, 0.29) is 0 Å². The van der Waals surface area contributed by atoms with E-state index < -0.39 is 9.84 Å². The highest BCUT2D eigenvalue weighted by atomic mass is 32.2. The molecule has 0 amide bonds. The van der Waals surface area contributed by atoms with Gasteiger partial charge in [-0.25, -0.2) is 8.42 Å². The molecule has 1 heterocycles. The fourth-order valence-corrected chi connectivity index (χ4v) is 3.23. The summed E-state index contributed by atoms with van der Waals surface area (Å²) in [5, 5.41) is 7.91. The van der Waals surface area contributed by atoms with Crippen LogP contribution in [-0.4, -0.2) is 24.5 Å². The van der Waals surface area contributed by atoms with Gasteiger partial charge < -0.3 is 5.32 Å². The maximum absolute atomic E-state index is 11.5. The Kier molecular flexibility index (Phi) is 4.90. The van der Waals surface area contributed by atoms with Gasteiger partial charge in [-0.05, 0) is 37.1 Å². The number of hydrogen-bond donors (Lipinski definition) is 1. The Hall–Kier alpha value is -1.82. The van der Waals surface area contributed by atoms with Gasteiger partial charge in [0, 0.05) is 36.8 Å². The number of rotatable bonds is 6. The number of anilines is 1. The largest absolute Gasteiger partial charge is 0.381 e. The van der Waals surface area contributed by atoms with E-state index in [2.05, 4.69) is 24.3 Å². The summed E-state index contributed by atoms with van der Waals surface area (Å²) in [6.07, 6.45) is 3.05. The van der Waals surface area contributed by atoms with Crippen molar-refractivity contribution in [2.45, 2.75) is 38.1 Å². The van der Waals surface area contributed by atoms with Crippen LogP contribution in [0.2, 0.25) is 0 Å². The first-order chi connectivity index (χ1) is 10.4. The average molecular weight is 321 g/mol. The minimum Gasteiger partial charge on any atom is -0.381 e. The van der Waals surface area contributed by atoms with Crippen LogP contribution in [0.4, 0.5) is 5.69 Å².